The molecule has 7 heteroatoms. The van der Waals surface area contributed by atoms with Gasteiger partial charge in [0.15, 0.2) is 11.4 Å². The van der Waals surface area contributed by atoms with Gasteiger partial charge in [-0.1, -0.05) is 0 Å². The molecule has 1 heterocycles. The van der Waals surface area contributed by atoms with Crippen molar-refractivity contribution in [2.24, 2.45) is 0 Å². The minimum atomic E-state index is -0.648. The van der Waals surface area contributed by atoms with E-state index in [2.05, 4.69) is 27.1 Å². The highest BCUT2D eigenvalue weighted by atomic mass is 32.1. The third-order valence-corrected chi connectivity index (χ3v) is 2.48. The van der Waals surface area contributed by atoms with Crippen LogP contribution in [-0.2, 0) is 9.47 Å². The topological polar surface area (TPSA) is 74.7 Å². The number of thiol groups is 1. The Kier molecular flexibility index (Phi) is 6.14. The molecule has 0 fully saturated rings. The van der Waals surface area contributed by atoms with Crippen LogP contribution in [0, 0.1) is 0 Å². The summed E-state index contributed by atoms with van der Waals surface area (Å²) < 4.78 is 14.5. The Balaban J connectivity index is 3.02. The number of esters is 2. The molecule has 0 aliphatic carbocycles. The zero-order valence-electron chi connectivity index (χ0n) is 10.7. The first-order valence-corrected chi connectivity index (χ1v) is 6.18. The van der Waals surface area contributed by atoms with Crippen molar-refractivity contribution in [2.75, 3.05) is 26.6 Å². The third-order valence-electron chi connectivity index (χ3n) is 2.16. The molecule has 0 aromatic carbocycles. The van der Waals surface area contributed by atoms with Gasteiger partial charge in [0.2, 0.25) is 0 Å². The second-order valence-electron chi connectivity index (χ2n) is 3.48. The minimum Gasteiger partial charge on any atom is -0.493 e. The van der Waals surface area contributed by atoms with Gasteiger partial charge >= 0.3 is 11.9 Å². The number of carbonyl (C=O) groups is 2. The van der Waals surface area contributed by atoms with Gasteiger partial charge in [-0.05, 0) is 12.2 Å². The molecule has 104 valence electrons. The summed E-state index contributed by atoms with van der Waals surface area (Å²) in [5.41, 5.74) is -0.0162. The predicted molar refractivity (Wildman–Crippen MR) is 70.9 cm³/mol. The van der Waals surface area contributed by atoms with Crippen molar-refractivity contribution in [3.63, 3.8) is 0 Å². The second-order valence-corrected chi connectivity index (χ2v) is 3.93. The summed E-state index contributed by atoms with van der Waals surface area (Å²) >= 11 is 4.06. The van der Waals surface area contributed by atoms with Crippen LogP contribution in [0.2, 0.25) is 0 Å². The fraction of sp³-hybridized carbons (Fsp3) is 0.417. The highest BCUT2D eigenvalue weighted by Crippen LogP contribution is 2.16. The lowest BCUT2D eigenvalue weighted by Gasteiger charge is -2.08. The third kappa shape index (κ3) is 4.44. The molecule has 1 aromatic heterocycles. The molecule has 0 saturated carbocycles. The molecule has 1 aromatic rings. The Morgan fingerprint density at radius 1 is 1.16 bits per heavy atom. The molecule has 0 unspecified atom stereocenters. The summed E-state index contributed by atoms with van der Waals surface area (Å²) in [6, 6.07) is 2.83. The largest absolute Gasteiger partial charge is 0.493 e. The van der Waals surface area contributed by atoms with E-state index in [-0.39, 0.29) is 11.4 Å². The summed E-state index contributed by atoms with van der Waals surface area (Å²) in [6.45, 7) is 0.425. The van der Waals surface area contributed by atoms with Crippen molar-refractivity contribution in [1.82, 2.24) is 4.98 Å². The first kappa shape index (κ1) is 15.3. The molecule has 0 N–H and O–H groups in total. The molecule has 0 atom stereocenters. The minimum absolute atomic E-state index is 0.00808. The van der Waals surface area contributed by atoms with E-state index in [1.54, 1.807) is 0 Å². The Bertz CT molecular complexity index is 429. The summed E-state index contributed by atoms with van der Waals surface area (Å²) in [6.07, 6.45) is 0.743. The van der Waals surface area contributed by atoms with Crippen LogP contribution >= 0.6 is 12.6 Å². The molecule has 0 radical (unpaired) electrons. The lowest BCUT2D eigenvalue weighted by Crippen LogP contribution is -2.12. The molecule has 19 heavy (non-hydrogen) atoms. The van der Waals surface area contributed by atoms with Crippen molar-refractivity contribution in [2.45, 2.75) is 6.42 Å². The fourth-order valence-electron chi connectivity index (χ4n) is 1.26. The van der Waals surface area contributed by atoms with E-state index in [9.17, 15) is 9.59 Å². The monoisotopic (exact) mass is 285 g/mol. The van der Waals surface area contributed by atoms with E-state index in [0.29, 0.717) is 18.1 Å². The van der Waals surface area contributed by atoms with Gasteiger partial charge in [0.1, 0.15) is 5.75 Å². The van der Waals surface area contributed by atoms with E-state index < -0.39 is 11.9 Å². The molecule has 6 nitrogen and oxygen atoms in total. The number of carbonyl (C=O) groups excluding carboxylic acids is 2. The predicted octanol–water partition coefficient (Wildman–Crippen LogP) is 1.35. The van der Waals surface area contributed by atoms with Gasteiger partial charge in [0.25, 0.3) is 0 Å². The van der Waals surface area contributed by atoms with Gasteiger partial charge in [-0.25, -0.2) is 14.6 Å². The van der Waals surface area contributed by atoms with Crippen LogP contribution in [-0.4, -0.2) is 43.5 Å². The van der Waals surface area contributed by atoms with E-state index in [0.717, 1.165) is 6.42 Å². The molecule has 0 saturated heterocycles. The number of nitrogens with zero attached hydrogens (tertiary/aromatic N) is 1. The summed E-state index contributed by atoms with van der Waals surface area (Å²) in [7, 11) is 2.46. The zero-order chi connectivity index (χ0) is 14.3. The van der Waals surface area contributed by atoms with Gasteiger partial charge in [-0.3, -0.25) is 0 Å². The summed E-state index contributed by atoms with van der Waals surface area (Å²) in [4.78, 5) is 26.8. The van der Waals surface area contributed by atoms with Crippen LogP contribution in [0.4, 0.5) is 0 Å². The highest BCUT2D eigenvalue weighted by Gasteiger charge is 2.16. The maximum Gasteiger partial charge on any atom is 0.356 e. The normalized spacial score (nSPS) is 9.84. The van der Waals surface area contributed by atoms with Gasteiger partial charge in [0, 0.05) is 12.1 Å². The van der Waals surface area contributed by atoms with Crippen LogP contribution in [0.3, 0.4) is 0 Å². The van der Waals surface area contributed by atoms with E-state index in [1.165, 1.54) is 26.4 Å². The molecule has 0 bridgehead atoms. The number of aromatic nitrogens is 1. The van der Waals surface area contributed by atoms with E-state index in [1.807, 2.05) is 0 Å². The molecule has 0 aliphatic rings. The number of methoxy groups -OCH3 is 2. The SMILES string of the molecule is COC(=O)c1cc(OCCCS)cc(C(=O)OC)n1. The Morgan fingerprint density at radius 3 is 2.11 bits per heavy atom. The molecule has 0 aliphatic heterocycles. The first-order valence-electron chi connectivity index (χ1n) is 5.54. The number of ether oxygens (including phenoxy) is 3. The van der Waals surface area contributed by atoms with Crippen molar-refractivity contribution in [3.05, 3.63) is 23.5 Å². The van der Waals surface area contributed by atoms with Crippen LogP contribution < -0.4 is 4.74 Å². The fourth-order valence-corrected chi connectivity index (χ4v) is 1.39. The van der Waals surface area contributed by atoms with E-state index >= 15 is 0 Å². The Hall–Kier alpha value is -1.76. The maximum atomic E-state index is 11.5. The quantitative estimate of drug-likeness (QED) is 0.483. The summed E-state index contributed by atoms with van der Waals surface area (Å²) in [5, 5.41) is 0. The summed E-state index contributed by atoms with van der Waals surface area (Å²) in [5.74, 6) is -0.258. The molecular formula is C12H15NO5S. The highest BCUT2D eigenvalue weighted by molar-refractivity contribution is 7.80. The van der Waals surface area contributed by atoms with Gasteiger partial charge < -0.3 is 14.2 Å². The van der Waals surface area contributed by atoms with Gasteiger partial charge in [-0.15, -0.1) is 0 Å². The van der Waals surface area contributed by atoms with E-state index in [4.69, 9.17) is 4.74 Å². The average molecular weight is 285 g/mol. The van der Waals surface area contributed by atoms with Crippen molar-refractivity contribution >= 4 is 24.6 Å². The van der Waals surface area contributed by atoms with Crippen LogP contribution in [0.5, 0.6) is 5.75 Å². The number of hydrogen-bond acceptors (Lipinski definition) is 7. The average Bonchev–Trinajstić information content (AvgIpc) is 2.45. The van der Waals surface area contributed by atoms with Crippen LogP contribution in [0.1, 0.15) is 27.4 Å². The van der Waals surface area contributed by atoms with Crippen molar-refractivity contribution < 1.29 is 23.8 Å². The molecule has 1 rings (SSSR count). The molecule has 0 spiro atoms. The molecule has 0 amide bonds. The maximum absolute atomic E-state index is 11.5. The number of hydrogen-bond donors (Lipinski definition) is 1. The standard InChI is InChI=1S/C12H15NO5S/c1-16-11(14)9-6-8(18-4-3-5-19)7-10(13-9)12(15)17-2/h6-7,19H,3-5H2,1-2H3. The number of rotatable bonds is 6. The van der Waals surface area contributed by atoms with Crippen LogP contribution in [0.15, 0.2) is 12.1 Å². The van der Waals surface area contributed by atoms with Gasteiger partial charge in [0.05, 0.1) is 20.8 Å². The zero-order valence-corrected chi connectivity index (χ0v) is 11.6. The second kappa shape index (κ2) is 7.63. The lowest BCUT2D eigenvalue weighted by molar-refractivity contribution is 0.0584. The molecular weight excluding hydrogens is 270 g/mol. The van der Waals surface area contributed by atoms with Gasteiger partial charge in [-0.2, -0.15) is 12.6 Å². The smallest absolute Gasteiger partial charge is 0.356 e. The van der Waals surface area contributed by atoms with Crippen LogP contribution in [0.25, 0.3) is 0 Å². The number of pyridine rings is 1. The van der Waals surface area contributed by atoms with Crippen molar-refractivity contribution in [3.8, 4) is 5.75 Å². The lowest BCUT2D eigenvalue weighted by atomic mass is 10.2. The Labute approximate surface area is 116 Å². The Morgan fingerprint density at radius 2 is 1.68 bits per heavy atom. The first-order chi connectivity index (χ1) is 9.12. The van der Waals surface area contributed by atoms with Crippen molar-refractivity contribution in [1.29, 1.82) is 0 Å².